The van der Waals surface area contributed by atoms with Crippen LogP contribution in [0.25, 0.3) is 0 Å². The van der Waals surface area contributed by atoms with Crippen LogP contribution in [0.2, 0.25) is 0 Å². The summed E-state index contributed by atoms with van der Waals surface area (Å²) in [6.45, 7) is 2.41. The lowest BCUT2D eigenvalue weighted by Gasteiger charge is -2.16. The molecule has 1 aliphatic rings. The highest BCUT2D eigenvalue weighted by atomic mass is 32.2. The van der Waals surface area contributed by atoms with Crippen molar-refractivity contribution in [2.75, 3.05) is 16.8 Å². The van der Waals surface area contributed by atoms with E-state index in [1.165, 1.54) is 11.8 Å². The summed E-state index contributed by atoms with van der Waals surface area (Å²) in [5, 5.41) is 12.6. The van der Waals surface area contributed by atoms with Crippen LogP contribution in [0.15, 0.2) is 48.5 Å². The zero-order valence-electron chi connectivity index (χ0n) is 12.5. The monoisotopic (exact) mass is 344 g/mol. The molecular formula is C17H16N2O2S2. The Morgan fingerprint density at radius 3 is 2.61 bits per heavy atom. The third-order valence-corrected chi connectivity index (χ3v) is 5.10. The molecule has 1 aliphatic heterocycles. The molecule has 1 saturated heterocycles. The zero-order chi connectivity index (χ0) is 16.4. The molecule has 1 unspecified atom stereocenters. The van der Waals surface area contributed by atoms with E-state index >= 15 is 0 Å². The van der Waals surface area contributed by atoms with Gasteiger partial charge >= 0.3 is 0 Å². The molecule has 4 nitrogen and oxygen atoms in total. The van der Waals surface area contributed by atoms with Gasteiger partial charge in [-0.25, -0.2) is 0 Å². The van der Waals surface area contributed by atoms with Crippen molar-refractivity contribution in [1.29, 1.82) is 0 Å². The van der Waals surface area contributed by atoms with Gasteiger partial charge in [-0.2, -0.15) is 0 Å². The number of thiocarbonyl (C=S) groups is 1. The first-order valence-electron chi connectivity index (χ1n) is 7.19. The van der Waals surface area contributed by atoms with Crippen molar-refractivity contribution in [3.8, 4) is 5.75 Å². The molecule has 0 saturated carbocycles. The van der Waals surface area contributed by atoms with Gasteiger partial charge in [-0.15, -0.1) is 0 Å². The lowest BCUT2D eigenvalue weighted by atomic mass is 10.2. The zero-order valence-corrected chi connectivity index (χ0v) is 14.2. The molecule has 0 radical (unpaired) electrons. The summed E-state index contributed by atoms with van der Waals surface area (Å²) in [4.78, 5) is 14.2. The second kappa shape index (κ2) is 6.60. The van der Waals surface area contributed by atoms with Gasteiger partial charge in [-0.05, 0) is 31.2 Å². The van der Waals surface area contributed by atoms with Gasteiger partial charge in [0.2, 0.25) is 5.91 Å². The predicted octanol–water partition coefficient (Wildman–Crippen LogP) is 3.55. The molecule has 6 heteroatoms. The number of nitrogens with one attached hydrogen (secondary N) is 1. The highest BCUT2D eigenvalue weighted by Crippen LogP contribution is 2.33. The molecule has 1 heterocycles. The third kappa shape index (κ3) is 3.33. The molecule has 23 heavy (non-hydrogen) atoms. The van der Waals surface area contributed by atoms with Crippen LogP contribution < -0.4 is 10.2 Å². The molecule has 2 N–H and O–H groups in total. The number of phenolic OH excluding ortho intramolecular Hbond substituents is 1. The van der Waals surface area contributed by atoms with E-state index in [-0.39, 0.29) is 16.9 Å². The fraction of sp³-hybridized carbons (Fsp3) is 0.176. The maximum absolute atomic E-state index is 12.6. The van der Waals surface area contributed by atoms with Crippen molar-refractivity contribution in [3.05, 3.63) is 54.1 Å². The minimum atomic E-state index is -0.302. The topological polar surface area (TPSA) is 52.6 Å². The number of hydrogen-bond acceptors (Lipinski definition) is 5. The lowest BCUT2D eigenvalue weighted by Crippen LogP contribution is -2.33. The van der Waals surface area contributed by atoms with Gasteiger partial charge in [-0.3, -0.25) is 9.69 Å². The largest absolute Gasteiger partial charge is 0.506 e. The van der Waals surface area contributed by atoms with Crippen LogP contribution in [-0.4, -0.2) is 27.1 Å². The van der Waals surface area contributed by atoms with Gasteiger partial charge in [0.1, 0.15) is 15.3 Å². The molecule has 0 aliphatic carbocycles. The Balaban J connectivity index is 1.71. The number of amides is 1. The normalized spacial score (nSPS) is 17.6. The third-order valence-electron chi connectivity index (χ3n) is 3.60. The average molecular weight is 344 g/mol. The molecule has 0 aromatic heterocycles. The number of carbonyl (C=O) groups excluding carboxylic acids is 1. The fourth-order valence-electron chi connectivity index (χ4n) is 2.34. The molecule has 0 spiro atoms. The quantitative estimate of drug-likeness (QED) is 0.656. The van der Waals surface area contributed by atoms with Gasteiger partial charge in [0.05, 0.1) is 11.4 Å². The van der Waals surface area contributed by atoms with Crippen LogP contribution in [-0.2, 0) is 4.79 Å². The van der Waals surface area contributed by atoms with Gasteiger partial charge in [-0.1, -0.05) is 53.8 Å². The lowest BCUT2D eigenvalue weighted by molar-refractivity contribution is -0.116. The maximum atomic E-state index is 12.6. The van der Waals surface area contributed by atoms with Gasteiger partial charge in [0, 0.05) is 6.54 Å². The van der Waals surface area contributed by atoms with Gasteiger partial charge in [0.25, 0.3) is 0 Å². The van der Waals surface area contributed by atoms with Crippen molar-refractivity contribution in [3.63, 3.8) is 0 Å². The summed E-state index contributed by atoms with van der Waals surface area (Å²) in [5.41, 5.74) is 2.54. The Morgan fingerprint density at radius 2 is 1.91 bits per heavy atom. The number of anilines is 2. The summed E-state index contributed by atoms with van der Waals surface area (Å²) in [7, 11) is 0. The number of aryl methyl sites for hydroxylation is 1. The van der Waals surface area contributed by atoms with Crippen LogP contribution in [0.5, 0.6) is 5.75 Å². The highest BCUT2D eigenvalue weighted by Gasteiger charge is 2.37. The number of phenols is 1. The van der Waals surface area contributed by atoms with Gasteiger partial charge < -0.3 is 10.4 Å². The fourth-order valence-corrected chi connectivity index (χ4v) is 3.80. The Kier molecular flexibility index (Phi) is 4.54. The second-order valence-corrected chi connectivity index (χ2v) is 7.12. The summed E-state index contributed by atoms with van der Waals surface area (Å²) in [5.74, 6) is 0.132. The molecule has 118 valence electrons. The molecule has 2 aromatic carbocycles. The number of para-hydroxylation sites is 2. The summed E-state index contributed by atoms with van der Waals surface area (Å²) >= 11 is 6.73. The molecule has 0 bridgehead atoms. The predicted molar refractivity (Wildman–Crippen MR) is 99.2 cm³/mol. The SMILES string of the molecule is Cc1ccc(N2C(=O)C(CNc3ccccc3O)SC2=S)cc1. The van der Waals surface area contributed by atoms with Crippen molar-refractivity contribution >= 4 is 45.6 Å². The number of rotatable bonds is 4. The summed E-state index contributed by atoms with van der Waals surface area (Å²) < 4.78 is 0.558. The van der Waals surface area contributed by atoms with Crippen LogP contribution in [0.4, 0.5) is 11.4 Å². The Labute approximate surface area is 144 Å². The first-order chi connectivity index (χ1) is 11.1. The van der Waals surface area contributed by atoms with E-state index in [1.54, 1.807) is 23.1 Å². The van der Waals surface area contributed by atoms with E-state index in [9.17, 15) is 9.90 Å². The Bertz CT molecular complexity index is 747. The molecule has 3 rings (SSSR count). The molecule has 1 fully saturated rings. The second-order valence-electron chi connectivity index (χ2n) is 5.28. The van der Waals surface area contributed by atoms with Crippen molar-refractivity contribution in [1.82, 2.24) is 0 Å². The number of benzene rings is 2. The minimum absolute atomic E-state index is 0.0354. The first-order valence-corrected chi connectivity index (χ1v) is 8.48. The number of hydrogen-bond donors (Lipinski definition) is 2. The number of thioether (sulfide) groups is 1. The highest BCUT2D eigenvalue weighted by molar-refractivity contribution is 8.25. The van der Waals surface area contributed by atoms with E-state index in [2.05, 4.69) is 5.32 Å². The summed E-state index contributed by atoms with van der Waals surface area (Å²) in [6.07, 6.45) is 0. The number of carbonyl (C=O) groups is 1. The number of nitrogens with zero attached hydrogens (tertiary/aromatic N) is 1. The smallest absolute Gasteiger partial charge is 0.247 e. The van der Waals surface area contributed by atoms with Crippen molar-refractivity contribution in [2.45, 2.75) is 12.2 Å². The standard InChI is InChI=1S/C17H16N2O2S2/c1-11-6-8-12(9-7-11)19-16(21)15(23-17(19)22)10-18-13-4-2-3-5-14(13)20/h2-9,15,18,20H,10H2,1H3. The van der Waals surface area contributed by atoms with E-state index in [1.807, 2.05) is 37.3 Å². The Hall–Kier alpha value is -2.05. The molecule has 1 atom stereocenters. The van der Waals surface area contributed by atoms with Crippen LogP contribution in [0.3, 0.4) is 0 Å². The van der Waals surface area contributed by atoms with Gasteiger partial charge in [0.15, 0.2) is 0 Å². The van der Waals surface area contributed by atoms with Crippen LogP contribution in [0.1, 0.15) is 5.56 Å². The van der Waals surface area contributed by atoms with Crippen molar-refractivity contribution in [2.24, 2.45) is 0 Å². The summed E-state index contributed by atoms with van der Waals surface area (Å²) in [6, 6.07) is 14.7. The van der Waals surface area contributed by atoms with Crippen LogP contribution >= 0.6 is 24.0 Å². The number of aromatic hydroxyl groups is 1. The molecule has 1 amide bonds. The molecular weight excluding hydrogens is 328 g/mol. The van der Waals surface area contributed by atoms with E-state index < -0.39 is 0 Å². The van der Waals surface area contributed by atoms with Crippen LogP contribution in [0, 0.1) is 6.92 Å². The van der Waals surface area contributed by atoms with E-state index in [4.69, 9.17) is 12.2 Å². The first kappa shape index (κ1) is 15.8. The molecule has 2 aromatic rings. The average Bonchev–Trinajstić information content (AvgIpc) is 2.82. The Morgan fingerprint density at radius 1 is 1.22 bits per heavy atom. The van der Waals surface area contributed by atoms with Crippen molar-refractivity contribution < 1.29 is 9.90 Å². The minimum Gasteiger partial charge on any atom is -0.506 e. The maximum Gasteiger partial charge on any atom is 0.247 e. The van der Waals surface area contributed by atoms with E-state index in [0.717, 1.165) is 11.3 Å². The van der Waals surface area contributed by atoms with E-state index in [0.29, 0.717) is 16.6 Å².